The molecule has 0 N–H and O–H groups in total. The summed E-state index contributed by atoms with van der Waals surface area (Å²) < 4.78 is 10.0. The van der Waals surface area contributed by atoms with Crippen LogP contribution < -0.4 is 4.74 Å². The van der Waals surface area contributed by atoms with Crippen LogP contribution in [0, 0.1) is 0 Å². The molecule has 0 aliphatic carbocycles. The zero-order valence-corrected chi connectivity index (χ0v) is 14.2. The summed E-state index contributed by atoms with van der Waals surface area (Å²) in [7, 11) is 1.62. The molecule has 0 aliphatic rings. The number of methoxy groups -OCH3 is 1. The Morgan fingerprint density at radius 1 is 1.26 bits per heavy atom. The Hall–Kier alpha value is -2.21. The molecule has 1 heterocycles. The molecule has 2 aromatic rings. The first kappa shape index (κ1) is 17.1. The highest BCUT2D eigenvalue weighted by Crippen LogP contribution is 2.24. The molecule has 0 aliphatic heterocycles. The second-order valence-corrected chi connectivity index (χ2v) is 5.92. The molecule has 1 aromatic heterocycles. The van der Waals surface area contributed by atoms with Gasteiger partial charge in [-0.2, -0.15) is 0 Å². The fraction of sp³-hybridized carbons (Fsp3) is 0.353. The Bertz CT molecular complexity index is 678. The molecule has 0 saturated heterocycles. The van der Waals surface area contributed by atoms with Crippen LogP contribution in [-0.2, 0) is 4.74 Å². The van der Waals surface area contributed by atoms with E-state index in [1.165, 1.54) is 11.3 Å². The van der Waals surface area contributed by atoms with Crippen LogP contribution >= 0.6 is 11.3 Å². The molecule has 0 fully saturated rings. The quantitative estimate of drug-likeness (QED) is 0.571. The van der Waals surface area contributed by atoms with Gasteiger partial charge in [-0.3, -0.25) is 4.79 Å². The highest BCUT2D eigenvalue weighted by molar-refractivity contribution is 7.11. The largest absolute Gasteiger partial charge is 0.497 e. The van der Waals surface area contributed by atoms with Crippen molar-refractivity contribution in [2.75, 3.05) is 13.7 Å². The molecule has 2 rings (SSSR count). The summed E-state index contributed by atoms with van der Waals surface area (Å²) in [5, 5.41) is 1.90. The number of esters is 1. The van der Waals surface area contributed by atoms with Gasteiger partial charge in [0.2, 0.25) is 0 Å². The molecular weight excluding hydrogens is 314 g/mol. The smallest absolute Gasteiger partial charge is 0.357 e. The zero-order chi connectivity index (χ0) is 16.8. The molecule has 1 aromatic carbocycles. The minimum Gasteiger partial charge on any atom is -0.497 e. The number of aromatic nitrogens is 1. The predicted octanol–water partition coefficient (Wildman–Crippen LogP) is 3.70. The van der Waals surface area contributed by atoms with E-state index in [1.54, 1.807) is 19.4 Å². The van der Waals surface area contributed by atoms with E-state index in [0.29, 0.717) is 11.4 Å². The van der Waals surface area contributed by atoms with E-state index in [4.69, 9.17) is 9.47 Å². The van der Waals surface area contributed by atoms with E-state index >= 15 is 0 Å². The van der Waals surface area contributed by atoms with Crippen LogP contribution in [0.25, 0.3) is 0 Å². The normalized spacial score (nSPS) is 11.8. The Balaban J connectivity index is 2.01. The standard InChI is InChI=1S/C17H19NO4S/c1-4-22-17(20)14-10-23-16(18-14)15(19)9-11(2)12-5-7-13(21-3)8-6-12/h5-8,10-11H,4,9H2,1-3H3. The van der Waals surface area contributed by atoms with Gasteiger partial charge in [-0.05, 0) is 30.5 Å². The third kappa shape index (κ3) is 4.39. The number of hydrogen-bond acceptors (Lipinski definition) is 6. The molecule has 5 nitrogen and oxygen atoms in total. The van der Waals surface area contributed by atoms with Crippen molar-refractivity contribution < 1.29 is 19.1 Å². The Morgan fingerprint density at radius 3 is 2.57 bits per heavy atom. The second-order valence-electron chi connectivity index (χ2n) is 5.06. The van der Waals surface area contributed by atoms with E-state index < -0.39 is 5.97 Å². The fourth-order valence-corrected chi connectivity index (χ4v) is 2.85. The van der Waals surface area contributed by atoms with Gasteiger partial charge in [0.15, 0.2) is 16.5 Å². The molecule has 0 saturated carbocycles. The first-order valence-corrected chi connectivity index (χ1v) is 8.23. The van der Waals surface area contributed by atoms with Gasteiger partial charge in [0.1, 0.15) is 5.75 Å². The van der Waals surface area contributed by atoms with Gasteiger partial charge in [0.25, 0.3) is 0 Å². The van der Waals surface area contributed by atoms with E-state index in [1.807, 2.05) is 31.2 Å². The third-order valence-corrected chi connectivity index (χ3v) is 4.29. The van der Waals surface area contributed by atoms with Crippen molar-refractivity contribution >= 4 is 23.1 Å². The monoisotopic (exact) mass is 333 g/mol. The van der Waals surface area contributed by atoms with Crippen LogP contribution in [0.15, 0.2) is 29.6 Å². The highest BCUT2D eigenvalue weighted by atomic mass is 32.1. The summed E-state index contributed by atoms with van der Waals surface area (Å²) in [6.07, 6.45) is 0.335. The van der Waals surface area contributed by atoms with Gasteiger partial charge in [-0.1, -0.05) is 19.1 Å². The summed E-state index contributed by atoms with van der Waals surface area (Å²) in [5.41, 5.74) is 1.25. The molecule has 1 unspecified atom stereocenters. The average Bonchev–Trinajstić information content (AvgIpc) is 3.05. The number of thiazole rings is 1. The number of carbonyl (C=O) groups is 2. The van der Waals surface area contributed by atoms with Gasteiger partial charge in [0.05, 0.1) is 13.7 Å². The van der Waals surface area contributed by atoms with Crippen molar-refractivity contribution in [3.63, 3.8) is 0 Å². The summed E-state index contributed by atoms with van der Waals surface area (Å²) in [5.74, 6) is 0.273. The first-order valence-electron chi connectivity index (χ1n) is 7.35. The molecule has 0 radical (unpaired) electrons. The first-order chi connectivity index (χ1) is 11.0. The summed E-state index contributed by atoms with van der Waals surface area (Å²) in [4.78, 5) is 28.0. The van der Waals surface area contributed by atoms with E-state index in [2.05, 4.69) is 4.98 Å². The number of hydrogen-bond donors (Lipinski definition) is 0. The lowest BCUT2D eigenvalue weighted by molar-refractivity contribution is 0.0520. The maximum atomic E-state index is 12.3. The van der Waals surface area contributed by atoms with Crippen molar-refractivity contribution in [2.45, 2.75) is 26.2 Å². The average molecular weight is 333 g/mol. The molecule has 122 valence electrons. The number of nitrogens with zero attached hydrogens (tertiary/aromatic N) is 1. The molecule has 0 amide bonds. The SMILES string of the molecule is CCOC(=O)c1csc(C(=O)CC(C)c2ccc(OC)cc2)n1. The highest BCUT2D eigenvalue weighted by Gasteiger charge is 2.19. The molecular formula is C17H19NO4S. The van der Waals surface area contributed by atoms with Crippen LogP contribution in [0.5, 0.6) is 5.75 Å². The van der Waals surface area contributed by atoms with Crippen LogP contribution in [-0.4, -0.2) is 30.5 Å². The Morgan fingerprint density at radius 2 is 1.96 bits per heavy atom. The number of rotatable bonds is 7. The second kappa shape index (κ2) is 7.87. The van der Waals surface area contributed by atoms with Gasteiger partial charge in [0, 0.05) is 11.8 Å². The summed E-state index contributed by atoms with van der Waals surface area (Å²) >= 11 is 1.17. The lowest BCUT2D eigenvalue weighted by Crippen LogP contribution is -2.08. The molecule has 23 heavy (non-hydrogen) atoms. The summed E-state index contributed by atoms with van der Waals surface area (Å²) in [6, 6.07) is 7.64. The fourth-order valence-electron chi connectivity index (χ4n) is 2.12. The van der Waals surface area contributed by atoms with Crippen molar-refractivity contribution in [1.29, 1.82) is 0 Å². The number of Topliss-reactive ketones (excluding diaryl/α,β-unsaturated/α-hetero) is 1. The summed E-state index contributed by atoms with van der Waals surface area (Å²) in [6.45, 7) is 4.00. The zero-order valence-electron chi connectivity index (χ0n) is 13.4. The van der Waals surface area contributed by atoms with Crippen molar-refractivity contribution in [3.05, 3.63) is 45.9 Å². The molecule has 0 bridgehead atoms. The van der Waals surface area contributed by atoms with Crippen molar-refractivity contribution in [2.24, 2.45) is 0 Å². The van der Waals surface area contributed by atoms with Gasteiger partial charge in [-0.15, -0.1) is 11.3 Å². The van der Waals surface area contributed by atoms with E-state index in [-0.39, 0.29) is 24.0 Å². The van der Waals surface area contributed by atoms with Crippen molar-refractivity contribution in [1.82, 2.24) is 4.98 Å². The van der Waals surface area contributed by atoms with Crippen LogP contribution in [0.2, 0.25) is 0 Å². The van der Waals surface area contributed by atoms with E-state index in [9.17, 15) is 9.59 Å². The maximum absolute atomic E-state index is 12.3. The van der Waals surface area contributed by atoms with Gasteiger partial charge >= 0.3 is 5.97 Å². The van der Waals surface area contributed by atoms with Crippen LogP contribution in [0.1, 0.15) is 52.0 Å². The minimum atomic E-state index is -0.494. The maximum Gasteiger partial charge on any atom is 0.357 e. The Kier molecular flexibility index (Phi) is 5.87. The number of benzene rings is 1. The molecule has 6 heteroatoms. The minimum absolute atomic E-state index is 0.0587. The third-order valence-electron chi connectivity index (χ3n) is 3.40. The predicted molar refractivity (Wildman–Crippen MR) is 88.4 cm³/mol. The molecule has 1 atom stereocenters. The Labute approximate surface area is 139 Å². The lowest BCUT2D eigenvalue weighted by Gasteiger charge is -2.10. The lowest BCUT2D eigenvalue weighted by atomic mass is 9.96. The molecule has 0 spiro atoms. The van der Waals surface area contributed by atoms with E-state index in [0.717, 1.165) is 11.3 Å². The van der Waals surface area contributed by atoms with Gasteiger partial charge < -0.3 is 9.47 Å². The van der Waals surface area contributed by atoms with Crippen LogP contribution in [0.3, 0.4) is 0 Å². The number of ether oxygens (including phenoxy) is 2. The number of ketones is 1. The topological polar surface area (TPSA) is 65.5 Å². The van der Waals surface area contributed by atoms with Crippen molar-refractivity contribution in [3.8, 4) is 5.75 Å². The number of carbonyl (C=O) groups excluding carboxylic acids is 2. The van der Waals surface area contributed by atoms with Crippen LogP contribution in [0.4, 0.5) is 0 Å². The van der Waals surface area contributed by atoms with Gasteiger partial charge in [-0.25, -0.2) is 9.78 Å².